The molecule has 0 spiro atoms. The lowest BCUT2D eigenvalue weighted by molar-refractivity contribution is 0.0947. The standard InChI is InChI=1S/C27H35N5O4S/c1-5-31-19-23(26(33)28-18-22-11-7-8-13-25(22)36-6-2)27(29-31)37(34,35)32-16-14-30(15-17-32)24-12-9-10-20(3)21(24)4/h7-13,19H,5-6,14-18H2,1-4H3,(H,28,33). The van der Waals surface area contributed by atoms with Crippen molar-refractivity contribution in [1.82, 2.24) is 19.4 Å². The van der Waals surface area contributed by atoms with Crippen LogP contribution in [0.5, 0.6) is 5.75 Å². The van der Waals surface area contributed by atoms with Gasteiger partial charge in [0.05, 0.1) is 12.2 Å². The van der Waals surface area contributed by atoms with Gasteiger partial charge in [-0.2, -0.15) is 9.40 Å². The predicted octanol–water partition coefficient (Wildman–Crippen LogP) is 3.36. The van der Waals surface area contributed by atoms with Crippen LogP contribution in [0.4, 0.5) is 5.69 Å². The number of carbonyl (C=O) groups is 1. The van der Waals surface area contributed by atoms with Crippen LogP contribution in [0.15, 0.2) is 53.7 Å². The Bertz CT molecular complexity index is 1360. The number of anilines is 1. The number of amides is 1. The lowest BCUT2D eigenvalue weighted by atomic mass is 10.1. The first-order valence-corrected chi connectivity index (χ1v) is 14.1. The first-order chi connectivity index (χ1) is 17.8. The summed E-state index contributed by atoms with van der Waals surface area (Å²) in [4.78, 5) is 15.4. The summed E-state index contributed by atoms with van der Waals surface area (Å²) in [5.74, 6) is 0.197. The Balaban J connectivity index is 1.51. The van der Waals surface area contributed by atoms with Crippen LogP contribution in [0.3, 0.4) is 0 Å². The molecule has 2 heterocycles. The van der Waals surface area contributed by atoms with Crippen molar-refractivity contribution in [2.45, 2.75) is 45.8 Å². The third kappa shape index (κ3) is 5.65. The van der Waals surface area contributed by atoms with Gasteiger partial charge in [0.15, 0.2) is 0 Å². The van der Waals surface area contributed by atoms with E-state index >= 15 is 0 Å². The molecule has 10 heteroatoms. The number of benzene rings is 2. The predicted molar refractivity (Wildman–Crippen MR) is 144 cm³/mol. The molecular weight excluding hydrogens is 490 g/mol. The molecule has 9 nitrogen and oxygen atoms in total. The Hall–Kier alpha value is -3.37. The Morgan fingerprint density at radius 3 is 2.46 bits per heavy atom. The van der Waals surface area contributed by atoms with Crippen molar-refractivity contribution in [2.75, 3.05) is 37.7 Å². The maximum absolute atomic E-state index is 13.7. The average Bonchev–Trinajstić information content (AvgIpc) is 3.36. The number of para-hydroxylation sites is 1. The number of hydrogen-bond donors (Lipinski definition) is 1. The molecule has 0 unspecified atom stereocenters. The van der Waals surface area contributed by atoms with Crippen LogP contribution in [-0.4, -0.2) is 61.2 Å². The lowest BCUT2D eigenvalue weighted by Gasteiger charge is -2.36. The average molecular weight is 526 g/mol. The molecule has 0 aliphatic carbocycles. The second-order valence-corrected chi connectivity index (χ2v) is 10.9. The molecule has 1 N–H and O–H groups in total. The number of nitrogens with zero attached hydrogens (tertiary/aromatic N) is 4. The number of rotatable bonds is 9. The van der Waals surface area contributed by atoms with Crippen LogP contribution in [0.1, 0.15) is 40.9 Å². The van der Waals surface area contributed by atoms with Gasteiger partial charge in [0.25, 0.3) is 15.9 Å². The van der Waals surface area contributed by atoms with Crippen molar-refractivity contribution in [3.05, 3.63) is 70.9 Å². The molecule has 0 radical (unpaired) electrons. The summed E-state index contributed by atoms with van der Waals surface area (Å²) in [7, 11) is -3.96. The second-order valence-electron chi connectivity index (χ2n) is 9.04. The van der Waals surface area contributed by atoms with Crippen molar-refractivity contribution in [3.8, 4) is 5.75 Å². The van der Waals surface area contributed by atoms with Crippen molar-refractivity contribution < 1.29 is 17.9 Å². The topological polar surface area (TPSA) is 96.8 Å². The number of sulfonamides is 1. The van der Waals surface area contributed by atoms with Crippen LogP contribution < -0.4 is 15.0 Å². The van der Waals surface area contributed by atoms with E-state index in [4.69, 9.17) is 4.74 Å². The summed E-state index contributed by atoms with van der Waals surface area (Å²) >= 11 is 0. The molecule has 1 aromatic heterocycles. The number of aryl methyl sites for hydroxylation is 2. The van der Waals surface area contributed by atoms with Gasteiger partial charge in [-0.25, -0.2) is 8.42 Å². The molecule has 1 aliphatic heterocycles. The number of ether oxygens (including phenoxy) is 1. The smallest absolute Gasteiger partial charge is 0.263 e. The van der Waals surface area contributed by atoms with Gasteiger partial charge < -0.3 is 15.0 Å². The van der Waals surface area contributed by atoms with E-state index in [2.05, 4.69) is 41.3 Å². The fourth-order valence-corrected chi connectivity index (χ4v) is 6.02. The zero-order chi connectivity index (χ0) is 26.6. The fourth-order valence-electron chi connectivity index (χ4n) is 4.50. The number of nitrogens with one attached hydrogen (secondary N) is 1. The molecular formula is C27H35N5O4S. The quantitative estimate of drug-likeness (QED) is 0.460. The zero-order valence-electron chi connectivity index (χ0n) is 21.9. The molecule has 0 saturated carbocycles. The van der Waals surface area contributed by atoms with E-state index in [9.17, 15) is 13.2 Å². The Labute approximate surface area is 219 Å². The Morgan fingerprint density at radius 2 is 1.76 bits per heavy atom. The molecule has 37 heavy (non-hydrogen) atoms. The SMILES string of the molecule is CCOc1ccccc1CNC(=O)c1cn(CC)nc1S(=O)(=O)N1CCN(c2cccc(C)c2C)CC1. The second kappa shape index (κ2) is 11.4. The van der Waals surface area contributed by atoms with Crippen LogP contribution in [-0.2, 0) is 23.1 Å². The molecule has 0 bridgehead atoms. The van der Waals surface area contributed by atoms with E-state index < -0.39 is 15.9 Å². The minimum atomic E-state index is -3.96. The third-order valence-electron chi connectivity index (χ3n) is 6.75. The number of hydrogen-bond acceptors (Lipinski definition) is 6. The first kappa shape index (κ1) is 26.7. The van der Waals surface area contributed by atoms with Crippen LogP contribution >= 0.6 is 0 Å². The van der Waals surface area contributed by atoms with E-state index in [1.165, 1.54) is 26.3 Å². The molecule has 3 aromatic rings. The summed E-state index contributed by atoms with van der Waals surface area (Å²) in [6.45, 7) is 10.8. The van der Waals surface area contributed by atoms with Gasteiger partial charge in [-0.15, -0.1) is 0 Å². The van der Waals surface area contributed by atoms with Gasteiger partial charge >= 0.3 is 0 Å². The fraction of sp³-hybridized carbons (Fsp3) is 0.407. The van der Waals surface area contributed by atoms with Crippen molar-refractivity contribution in [1.29, 1.82) is 0 Å². The zero-order valence-corrected chi connectivity index (χ0v) is 22.7. The highest BCUT2D eigenvalue weighted by atomic mass is 32.2. The van der Waals surface area contributed by atoms with Gasteiger partial charge in [0.1, 0.15) is 5.75 Å². The van der Waals surface area contributed by atoms with Crippen molar-refractivity contribution >= 4 is 21.6 Å². The molecule has 1 amide bonds. The summed E-state index contributed by atoms with van der Waals surface area (Å²) in [6, 6.07) is 13.6. The summed E-state index contributed by atoms with van der Waals surface area (Å²) < 4.78 is 35.9. The maximum atomic E-state index is 13.7. The minimum Gasteiger partial charge on any atom is -0.494 e. The normalized spacial score (nSPS) is 14.5. The largest absolute Gasteiger partial charge is 0.494 e. The van der Waals surface area contributed by atoms with E-state index in [0.29, 0.717) is 45.1 Å². The van der Waals surface area contributed by atoms with E-state index in [1.807, 2.05) is 44.2 Å². The maximum Gasteiger partial charge on any atom is 0.263 e. The van der Waals surface area contributed by atoms with E-state index in [-0.39, 0.29) is 17.1 Å². The van der Waals surface area contributed by atoms with Crippen molar-refractivity contribution in [3.63, 3.8) is 0 Å². The number of piperazine rings is 1. The monoisotopic (exact) mass is 525 g/mol. The molecule has 4 rings (SSSR count). The van der Waals surface area contributed by atoms with Gasteiger partial charge in [0, 0.05) is 56.7 Å². The Kier molecular flexibility index (Phi) is 8.19. The Morgan fingerprint density at radius 1 is 1.03 bits per heavy atom. The minimum absolute atomic E-state index is 0.0488. The van der Waals surface area contributed by atoms with Crippen LogP contribution in [0, 0.1) is 13.8 Å². The summed E-state index contributed by atoms with van der Waals surface area (Å²) in [5, 5.41) is 6.93. The molecule has 1 aliphatic rings. The molecule has 198 valence electrons. The van der Waals surface area contributed by atoms with Crippen molar-refractivity contribution in [2.24, 2.45) is 0 Å². The van der Waals surface area contributed by atoms with Crippen LogP contribution in [0.2, 0.25) is 0 Å². The van der Waals surface area contributed by atoms with E-state index in [0.717, 1.165) is 11.3 Å². The van der Waals surface area contributed by atoms with Crippen LogP contribution in [0.25, 0.3) is 0 Å². The lowest BCUT2D eigenvalue weighted by Crippen LogP contribution is -2.49. The molecule has 1 saturated heterocycles. The highest BCUT2D eigenvalue weighted by molar-refractivity contribution is 7.89. The number of carbonyl (C=O) groups excluding carboxylic acids is 1. The molecule has 2 aromatic carbocycles. The number of aromatic nitrogens is 2. The first-order valence-electron chi connectivity index (χ1n) is 12.6. The summed E-state index contributed by atoms with van der Waals surface area (Å²) in [5.41, 5.74) is 4.39. The third-order valence-corrected chi connectivity index (χ3v) is 8.58. The summed E-state index contributed by atoms with van der Waals surface area (Å²) in [6.07, 6.45) is 1.50. The van der Waals surface area contributed by atoms with Gasteiger partial charge in [-0.1, -0.05) is 30.3 Å². The van der Waals surface area contributed by atoms with Gasteiger partial charge in [-0.3, -0.25) is 9.48 Å². The van der Waals surface area contributed by atoms with Gasteiger partial charge in [0.2, 0.25) is 5.03 Å². The molecule has 0 atom stereocenters. The molecule has 1 fully saturated rings. The van der Waals surface area contributed by atoms with Gasteiger partial charge in [-0.05, 0) is 51.0 Å². The van der Waals surface area contributed by atoms with E-state index in [1.54, 1.807) is 0 Å². The highest BCUT2D eigenvalue weighted by Gasteiger charge is 2.35. The highest BCUT2D eigenvalue weighted by Crippen LogP contribution is 2.26.